The van der Waals surface area contributed by atoms with Crippen molar-refractivity contribution >= 4 is 66.7 Å². The molecule has 0 saturated carbocycles. The van der Waals surface area contributed by atoms with E-state index < -0.39 is 29.4 Å². The molecular formula is C33H50BN3O7S. The van der Waals surface area contributed by atoms with E-state index in [4.69, 9.17) is 9.47 Å². The van der Waals surface area contributed by atoms with Gasteiger partial charge >= 0.3 is 12.2 Å². The molecule has 12 heteroatoms. The Morgan fingerprint density at radius 2 is 1.51 bits per heavy atom. The van der Waals surface area contributed by atoms with Crippen molar-refractivity contribution in [2.45, 2.75) is 98.3 Å². The predicted molar refractivity (Wildman–Crippen MR) is 184 cm³/mol. The average Bonchev–Trinajstić information content (AvgIpc) is 3.25. The number of aldehydes is 2. The number of aryl methyl sites for hydroxylation is 1. The standard InChI is InChI=1S/C29H36N2O7.C2H7N.C2H6.BHS/c1-28(2,3)37-26(35)30(27(36)38-29(4,5)6)16-8-10-19-14-15-23-24-21(19)12-7-13-22(24)25(34)31(23)20(18-33)11-9-17-32;1-3-2;2*1-2/h7,12-15,17-18,20H,8-11,16H2,1-6H3;3H,1-2H3;1-2H3;2H. The molecule has 0 aromatic heterocycles. The molecule has 1 aliphatic rings. The van der Waals surface area contributed by atoms with Crippen LogP contribution in [0.4, 0.5) is 15.3 Å². The Morgan fingerprint density at radius 3 is 1.98 bits per heavy atom. The minimum absolute atomic E-state index is 0.0801. The van der Waals surface area contributed by atoms with Gasteiger partial charge < -0.3 is 24.4 Å². The number of hydrogen-bond acceptors (Lipinski definition) is 9. The Morgan fingerprint density at radius 1 is 0.978 bits per heavy atom. The van der Waals surface area contributed by atoms with Gasteiger partial charge in [-0.05, 0) is 98.0 Å². The van der Waals surface area contributed by atoms with E-state index in [-0.39, 0.29) is 25.3 Å². The number of thiol groups is 1. The van der Waals surface area contributed by atoms with Crippen LogP contribution in [0.1, 0.15) is 90.6 Å². The zero-order chi connectivity index (χ0) is 35.0. The number of nitrogens with zero attached hydrogens (tertiary/aromatic N) is 2. The largest absolute Gasteiger partial charge is 0.443 e. The first-order valence-corrected chi connectivity index (χ1v) is 15.6. The summed E-state index contributed by atoms with van der Waals surface area (Å²) >= 11 is 3.03. The summed E-state index contributed by atoms with van der Waals surface area (Å²) in [6.45, 7) is 14.4. The molecule has 0 saturated heterocycles. The third-order valence-corrected chi connectivity index (χ3v) is 5.94. The summed E-state index contributed by atoms with van der Waals surface area (Å²) < 4.78 is 10.9. The first-order valence-electron chi connectivity index (χ1n) is 15.0. The third-order valence-electron chi connectivity index (χ3n) is 5.94. The fraction of sp³-hybridized carbons (Fsp3) is 0.545. The zero-order valence-electron chi connectivity index (χ0n) is 28.4. The lowest BCUT2D eigenvalue weighted by Gasteiger charge is -2.28. The summed E-state index contributed by atoms with van der Waals surface area (Å²) in [7, 11) is 7.94. The molecule has 1 unspecified atom stereocenters. The van der Waals surface area contributed by atoms with Gasteiger partial charge in [-0.15, -0.1) is 0 Å². The molecule has 1 atom stereocenters. The highest BCUT2D eigenvalue weighted by molar-refractivity contribution is 8.03. The molecule has 2 aromatic carbocycles. The van der Waals surface area contributed by atoms with Crippen molar-refractivity contribution in [3.63, 3.8) is 0 Å². The number of nitrogens with one attached hydrogen (secondary N) is 1. The molecule has 1 heterocycles. The minimum atomic E-state index is -0.779. The molecular weight excluding hydrogens is 593 g/mol. The smallest absolute Gasteiger partial charge is 0.419 e. The molecule has 2 aromatic rings. The van der Waals surface area contributed by atoms with Crippen LogP contribution in [-0.4, -0.2) is 80.6 Å². The molecule has 3 rings (SSSR count). The fourth-order valence-electron chi connectivity index (χ4n) is 4.43. The van der Waals surface area contributed by atoms with Crippen molar-refractivity contribution in [2.24, 2.45) is 0 Å². The molecule has 0 fully saturated rings. The minimum Gasteiger partial charge on any atom is -0.443 e. The van der Waals surface area contributed by atoms with Crippen molar-refractivity contribution in [3.8, 4) is 0 Å². The molecule has 1 aliphatic heterocycles. The van der Waals surface area contributed by atoms with Gasteiger partial charge in [-0.2, -0.15) is 0 Å². The lowest BCUT2D eigenvalue weighted by molar-refractivity contribution is -0.109. The second kappa shape index (κ2) is 19.9. The van der Waals surface area contributed by atoms with E-state index in [1.165, 1.54) is 4.90 Å². The number of anilines is 1. The van der Waals surface area contributed by atoms with Gasteiger partial charge in [-0.25, -0.2) is 27.0 Å². The number of carbonyl (C=O) groups excluding carboxylic acids is 5. The van der Waals surface area contributed by atoms with Crippen molar-refractivity contribution in [1.29, 1.82) is 0 Å². The molecule has 45 heavy (non-hydrogen) atoms. The summed E-state index contributed by atoms with van der Waals surface area (Å²) in [5.74, 6) is -0.272. The van der Waals surface area contributed by atoms with Gasteiger partial charge in [0, 0.05) is 23.9 Å². The van der Waals surface area contributed by atoms with Crippen LogP contribution in [0.15, 0.2) is 30.3 Å². The van der Waals surface area contributed by atoms with Crippen LogP contribution >= 0.6 is 12.5 Å². The highest BCUT2D eigenvalue weighted by atomic mass is 32.1. The van der Waals surface area contributed by atoms with Crippen molar-refractivity contribution in [3.05, 3.63) is 41.5 Å². The lowest BCUT2D eigenvalue weighted by atomic mass is 9.97. The highest BCUT2D eigenvalue weighted by Gasteiger charge is 2.35. The van der Waals surface area contributed by atoms with Crippen LogP contribution in [0, 0.1) is 0 Å². The van der Waals surface area contributed by atoms with E-state index in [0.29, 0.717) is 30.4 Å². The van der Waals surface area contributed by atoms with Gasteiger partial charge in [0.15, 0.2) is 7.12 Å². The molecule has 0 bridgehead atoms. The Hall–Kier alpha value is -3.38. The maximum absolute atomic E-state index is 13.2. The molecule has 1 N–H and O–H groups in total. The maximum atomic E-state index is 13.2. The van der Waals surface area contributed by atoms with E-state index in [9.17, 15) is 24.0 Å². The molecule has 2 radical (unpaired) electrons. The number of rotatable bonds is 9. The Labute approximate surface area is 275 Å². The first-order chi connectivity index (χ1) is 21.2. The van der Waals surface area contributed by atoms with E-state index >= 15 is 0 Å². The number of benzene rings is 2. The monoisotopic (exact) mass is 643 g/mol. The number of hydrogen-bond donors (Lipinski definition) is 2. The van der Waals surface area contributed by atoms with Gasteiger partial charge in [-0.1, -0.05) is 32.0 Å². The van der Waals surface area contributed by atoms with Gasteiger partial charge in [0.2, 0.25) is 0 Å². The average molecular weight is 644 g/mol. The fourth-order valence-corrected chi connectivity index (χ4v) is 4.43. The topological polar surface area (TPSA) is 122 Å². The van der Waals surface area contributed by atoms with E-state index in [1.807, 2.05) is 46.1 Å². The van der Waals surface area contributed by atoms with E-state index in [1.54, 1.807) is 53.7 Å². The molecule has 0 aliphatic carbocycles. The van der Waals surface area contributed by atoms with Crippen LogP contribution in [-0.2, 0) is 25.5 Å². The van der Waals surface area contributed by atoms with Crippen molar-refractivity contribution in [1.82, 2.24) is 10.2 Å². The Balaban J connectivity index is 0.00000256. The summed E-state index contributed by atoms with van der Waals surface area (Å²) in [4.78, 5) is 63.9. The summed E-state index contributed by atoms with van der Waals surface area (Å²) in [5, 5.41) is 4.36. The zero-order valence-corrected chi connectivity index (χ0v) is 29.3. The molecule has 10 nitrogen and oxygen atoms in total. The van der Waals surface area contributed by atoms with E-state index in [0.717, 1.165) is 27.5 Å². The molecule has 3 amide bonds. The molecule has 0 spiro atoms. The SMILES string of the molecule is CC.CC(C)(C)OC(=O)N(CCCc1ccc2c3c(cccc13)C(=O)N2C(C=O)CCC=O)C(=O)OC(C)(C)C.CNC.[B]S. The van der Waals surface area contributed by atoms with Crippen LogP contribution in [0.3, 0.4) is 0 Å². The quantitative estimate of drug-likeness (QED) is 0.185. The Bertz CT molecular complexity index is 1250. The van der Waals surface area contributed by atoms with Gasteiger partial charge in [0.05, 0.1) is 11.7 Å². The normalized spacial score (nSPS) is 12.3. The number of ether oxygens (including phenoxy) is 2. The summed E-state index contributed by atoms with van der Waals surface area (Å²) in [6, 6.07) is 8.40. The van der Waals surface area contributed by atoms with E-state index in [2.05, 4.69) is 24.9 Å². The van der Waals surface area contributed by atoms with Crippen LogP contribution < -0.4 is 10.2 Å². The van der Waals surface area contributed by atoms with Crippen LogP contribution in [0.2, 0.25) is 0 Å². The molecule has 248 valence electrons. The highest BCUT2D eigenvalue weighted by Crippen LogP contribution is 2.40. The summed E-state index contributed by atoms with van der Waals surface area (Å²) in [6.07, 6.45) is 1.27. The van der Waals surface area contributed by atoms with Crippen molar-refractivity contribution < 1.29 is 33.4 Å². The number of carbonyl (C=O) groups is 5. The summed E-state index contributed by atoms with van der Waals surface area (Å²) in [5.41, 5.74) is 0.513. The third kappa shape index (κ3) is 12.5. The Kier molecular flexibility index (Phi) is 18.4. The number of amides is 3. The van der Waals surface area contributed by atoms with Gasteiger partial charge in [0.1, 0.15) is 23.8 Å². The van der Waals surface area contributed by atoms with Gasteiger partial charge in [-0.3, -0.25) is 9.69 Å². The second-order valence-corrected chi connectivity index (χ2v) is 11.8. The van der Waals surface area contributed by atoms with Crippen LogP contribution in [0.25, 0.3) is 10.8 Å². The van der Waals surface area contributed by atoms with Crippen LogP contribution in [0.5, 0.6) is 0 Å². The lowest BCUT2D eigenvalue weighted by Crippen LogP contribution is -2.44. The maximum Gasteiger partial charge on any atom is 0.419 e. The number of imide groups is 1. The first kappa shape index (κ1) is 41.6. The van der Waals surface area contributed by atoms with Gasteiger partial charge in [0.25, 0.3) is 5.91 Å². The second-order valence-electron chi connectivity index (χ2n) is 11.8. The predicted octanol–water partition coefficient (Wildman–Crippen LogP) is 6.31. The van der Waals surface area contributed by atoms with Crippen molar-refractivity contribution in [2.75, 3.05) is 25.5 Å².